The topological polar surface area (TPSA) is 13.0 Å². The molecule has 0 aromatic rings. The van der Waals surface area contributed by atoms with Crippen LogP contribution in [0.5, 0.6) is 0 Å². The smallest absolute Gasteiger partial charge is 0.0921 e. The summed E-state index contributed by atoms with van der Waals surface area (Å²) in [5.74, 6) is 0. The molecule has 0 radical (unpaired) electrons. The minimum absolute atomic E-state index is 0.709. The Balaban J connectivity index is 1.68. The molecule has 4 aliphatic heterocycles. The Morgan fingerprint density at radius 2 is 0.706 bits per heavy atom. The SMILES string of the molecule is C1CN2CCCN3CCN4CCCN(C1)[C@@H]4[C@H]23. The maximum absolute atomic E-state index is 2.77. The second-order valence-corrected chi connectivity index (χ2v) is 6.03. The molecule has 4 nitrogen and oxygen atoms in total. The molecule has 4 fully saturated rings. The quantitative estimate of drug-likeness (QED) is 0.590. The molecule has 0 saturated carbocycles. The molecule has 0 aromatic carbocycles. The summed E-state index contributed by atoms with van der Waals surface area (Å²) in [6.45, 7) is 10.6. The van der Waals surface area contributed by atoms with Gasteiger partial charge < -0.3 is 0 Å². The van der Waals surface area contributed by atoms with Gasteiger partial charge in [0.25, 0.3) is 0 Å². The molecule has 0 amide bonds. The van der Waals surface area contributed by atoms with Gasteiger partial charge in [0.15, 0.2) is 0 Å². The van der Waals surface area contributed by atoms with Gasteiger partial charge in [0, 0.05) is 52.4 Å². The summed E-state index contributed by atoms with van der Waals surface area (Å²) in [5.41, 5.74) is 0. The Bertz CT molecular complexity index is 267. The third kappa shape index (κ3) is 1.65. The van der Waals surface area contributed by atoms with Crippen LogP contribution in [0, 0.1) is 0 Å². The second-order valence-electron chi connectivity index (χ2n) is 6.03. The lowest BCUT2D eigenvalue weighted by Gasteiger charge is -2.57. The van der Waals surface area contributed by atoms with Crippen LogP contribution in [0.15, 0.2) is 0 Å². The Morgan fingerprint density at radius 1 is 0.412 bits per heavy atom. The number of nitrogens with zero attached hydrogens (tertiary/aromatic N) is 4. The minimum atomic E-state index is 0.709. The molecule has 2 atom stereocenters. The molecule has 17 heavy (non-hydrogen) atoms. The molecule has 0 N–H and O–H groups in total. The van der Waals surface area contributed by atoms with Crippen LogP contribution in [0.1, 0.15) is 19.3 Å². The van der Waals surface area contributed by atoms with Crippen molar-refractivity contribution in [3.63, 3.8) is 0 Å². The molecule has 4 heteroatoms. The lowest BCUT2D eigenvalue weighted by molar-refractivity contribution is -0.140. The summed E-state index contributed by atoms with van der Waals surface area (Å²) in [6.07, 6.45) is 5.54. The van der Waals surface area contributed by atoms with E-state index >= 15 is 0 Å². The minimum Gasteiger partial charge on any atom is -0.285 e. The van der Waals surface area contributed by atoms with E-state index in [0.717, 1.165) is 0 Å². The average Bonchev–Trinajstić information content (AvgIpc) is 2.57. The van der Waals surface area contributed by atoms with Crippen molar-refractivity contribution in [1.29, 1.82) is 0 Å². The van der Waals surface area contributed by atoms with E-state index < -0.39 is 0 Å². The molecular formula is C13H24N4. The summed E-state index contributed by atoms with van der Waals surface area (Å²) in [7, 11) is 0. The van der Waals surface area contributed by atoms with E-state index in [9.17, 15) is 0 Å². The molecular weight excluding hydrogens is 212 g/mol. The van der Waals surface area contributed by atoms with Gasteiger partial charge >= 0.3 is 0 Å². The van der Waals surface area contributed by atoms with E-state index in [1.54, 1.807) is 0 Å². The molecule has 96 valence electrons. The highest BCUT2D eigenvalue weighted by Gasteiger charge is 2.46. The predicted octanol–water partition coefficient (Wildman–Crippen LogP) is 0.0713. The fraction of sp³-hybridized carbons (Fsp3) is 1.00. The Morgan fingerprint density at radius 3 is 1.06 bits per heavy atom. The van der Waals surface area contributed by atoms with Gasteiger partial charge in [-0.25, -0.2) is 0 Å². The number of rotatable bonds is 0. The molecule has 4 saturated heterocycles. The zero-order valence-corrected chi connectivity index (χ0v) is 10.7. The fourth-order valence-electron chi connectivity index (χ4n) is 4.41. The van der Waals surface area contributed by atoms with Crippen LogP contribution in [-0.4, -0.2) is 84.3 Å². The molecule has 4 heterocycles. The first-order valence-corrected chi connectivity index (χ1v) is 7.40. The zero-order chi connectivity index (χ0) is 11.2. The van der Waals surface area contributed by atoms with E-state index in [-0.39, 0.29) is 0 Å². The van der Waals surface area contributed by atoms with Crippen molar-refractivity contribution in [1.82, 2.24) is 19.6 Å². The highest BCUT2D eigenvalue weighted by atomic mass is 15.5. The summed E-state index contributed by atoms with van der Waals surface area (Å²) in [6, 6.07) is 0. The van der Waals surface area contributed by atoms with Gasteiger partial charge in [-0.2, -0.15) is 0 Å². The first-order valence-electron chi connectivity index (χ1n) is 7.40. The monoisotopic (exact) mass is 236 g/mol. The van der Waals surface area contributed by atoms with Gasteiger partial charge in [0.05, 0.1) is 12.3 Å². The molecule has 4 aliphatic rings. The van der Waals surface area contributed by atoms with Gasteiger partial charge in [0.1, 0.15) is 0 Å². The van der Waals surface area contributed by atoms with E-state index in [1.165, 1.54) is 71.6 Å². The first kappa shape index (κ1) is 10.7. The Hall–Kier alpha value is -0.160. The van der Waals surface area contributed by atoms with E-state index in [0.29, 0.717) is 12.3 Å². The van der Waals surface area contributed by atoms with Gasteiger partial charge in [-0.1, -0.05) is 0 Å². The third-order valence-corrected chi connectivity index (χ3v) is 5.11. The van der Waals surface area contributed by atoms with Crippen molar-refractivity contribution in [3.8, 4) is 0 Å². The lowest BCUT2D eigenvalue weighted by Crippen LogP contribution is -2.72. The van der Waals surface area contributed by atoms with Crippen molar-refractivity contribution >= 4 is 0 Å². The molecule has 0 bridgehead atoms. The first-order chi connectivity index (χ1) is 8.43. The average molecular weight is 236 g/mol. The van der Waals surface area contributed by atoms with Crippen LogP contribution in [0.3, 0.4) is 0 Å². The maximum Gasteiger partial charge on any atom is 0.0921 e. The van der Waals surface area contributed by atoms with Gasteiger partial charge in [-0.3, -0.25) is 19.6 Å². The number of piperazine rings is 1. The van der Waals surface area contributed by atoms with Crippen molar-refractivity contribution < 1.29 is 0 Å². The normalized spacial score (nSPS) is 40.9. The Labute approximate surface area is 104 Å². The summed E-state index contributed by atoms with van der Waals surface area (Å²) in [4.78, 5) is 11.1. The summed E-state index contributed by atoms with van der Waals surface area (Å²) >= 11 is 0. The van der Waals surface area contributed by atoms with E-state index in [2.05, 4.69) is 19.6 Å². The largest absolute Gasteiger partial charge is 0.285 e. The summed E-state index contributed by atoms with van der Waals surface area (Å²) in [5, 5.41) is 0. The summed E-state index contributed by atoms with van der Waals surface area (Å²) < 4.78 is 0. The van der Waals surface area contributed by atoms with E-state index in [4.69, 9.17) is 0 Å². The van der Waals surface area contributed by atoms with Crippen LogP contribution >= 0.6 is 0 Å². The van der Waals surface area contributed by atoms with Crippen LogP contribution < -0.4 is 0 Å². The third-order valence-electron chi connectivity index (χ3n) is 5.11. The maximum atomic E-state index is 2.77. The Kier molecular flexibility index (Phi) is 2.65. The van der Waals surface area contributed by atoms with E-state index in [1.807, 2.05) is 0 Å². The van der Waals surface area contributed by atoms with Crippen LogP contribution in [0.25, 0.3) is 0 Å². The number of hydrogen-bond donors (Lipinski definition) is 0. The van der Waals surface area contributed by atoms with Crippen LogP contribution in [-0.2, 0) is 0 Å². The molecule has 0 aromatic heterocycles. The van der Waals surface area contributed by atoms with Crippen LogP contribution in [0.4, 0.5) is 0 Å². The van der Waals surface area contributed by atoms with Crippen molar-refractivity contribution in [2.24, 2.45) is 0 Å². The zero-order valence-electron chi connectivity index (χ0n) is 10.7. The molecule has 0 spiro atoms. The number of hydrogen-bond acceptors (Lipinski definition) is 4. The van der Waals surface area contributed by atoms with Crippen molar-refractivity contribution in [2.45, 2.75) is 31.6 Å². The van der Waals surface area contributed by atoms with Gasteiger partial charge in [-0.15, -0.1) is 0 Å². The standard InChI is InChI=1S/C13H24N4/c1-4-14-6-2-8-16-10-11-17-9-3-7-15(5-1)13(17)12(14)16/h12-13H,1-11H2/t12-,13+. The van der Waals surface area contributed by atoms with Gasteiger partial charge in [0.2, 0.25) is 0 Å². The molecule has 4 rings (SSSR count). The lowest BCUT2D eigenvalue weighted by atomic mass is 10.1. The highest BCUT2D eigenvalue weighted by molar-refractivity contribution is 4.97. The molecule has 0 unspecified atom stereocenters. The van der Waals surface area contributed by atoms with Crippen LogP contribution in [0.2, 0.25) is 0 Å². The van der Waals surface area contributed by atoms with Crippen molar-refractivity contribution in [2.75, 3.05) is 52.4 Å². The second kappa shape index (κ2) is 4.19. The molecule has 0 aliphatic carbocycles. The predicted molar refractivity (Wildman–Crippen MR) is 67.7 cm³/mol. The fourth-order valence-corrected chi connectivity index (χ4v) is 4.41. The van der Waals surface area contributed by atoms with Gasteiger partial charge in [-0.05, 0) is 19.3 Å². The highest BCUT2D eigenvalue weighted by Crippen LogP contribution is 2.31. The van der Waals surface area contributed by atoms with Crippen molar-refractivity contribution in [3.05, 3.63) is 0 Å².